The second-order valence-corrected chi connectivity index (χ2v) is 4.97. The molecule has 4 nitrogen and oxygen atoms in total. The van der Waals surface area contributed by atoms with Crippen LogP contribution in [0.5, 0.6) is 0 Å². The van der Waals surface area contributed by atoms with Crippen LogP contribution in [-0.2, 0) is 0 Å². The third kappa shape index (κ3) is 3.08. The summed E-state index contributed by atoms with van der Waals surface area (Å²) in [6.45, 7) is 5.62. The third-order valence-electron chi connectivity index (χ3n) is 2.81. The Balaban J connectivity index is 2.25. The maximum atomic E-state index is 8.96. The van der Waals surface area contributed by atoms with Crippen LogP contribution >= 0.6 is 0 Å². The summed E-state index contributed by atoms with van der Waals surface area (Å²) in [5, 5.41) is 11.9. The molecule has 0 aliphatic heterocycles. The summed E-state index contributed by atoms with van der Waals surface area (Å²) in [6, 6.07) is 10.3. The maximum absolute atomic E-state index is 8.96. The summed E-state index contributed by atoms with van der Waals surface area (Å²) in [7, 11) is 0. The Labute approximate surface area is 113 Å². The second-order valence-electron chi connectivity index (χ2n) is 4.97. The molecule has 19 heavy (non-hydrogen) atoms. The summed E-state index contributed by atoms with van der Waals surface area (Å²) in [5.74, 6) is 0.462. The number of nitriles is 1. The van der Waals surface area contributed by atoms with Crippen molar-refractivity contribution >= 4 is 5.95 Å². The molecule has 0 unspecified atom stereocenters. The first kappa shape index (κ1) is 13.0. The van der Waals surface area contributed by atoms with Crippen molar-refractivity contribution in [2.24, 2.45) is 0 Å². The molecule has 0 radical (unpaired) electrons. The Hall–Kier alpha value is -2.41. The normalized spacial score (nSPS) is 10.8. The minimum absolute atomic E-state index is 0.462. The predicted octanol–water partition coefficient (Wildman–Crippen LogP) is 3.17. The van der Waals surface area contributed by atoms with E-state index in [0.29, 0.717) is 5.95 Å². The number of rotatable bonds is 3. The Bertz CT molecular complexity index is 609. The van der Waals surface area contributed by atoms with E-state index < -0.39 is 5.54 Å². The van der Waals surface area contributed by atoms with E-state index >= 15 is 0 Å². The van der Waals surface area contributed by atoms with Gasteiger partial charge in [-0.3, -0.25) is 0 Å². The van der Waals surface area contributed by atoms with E-state index in [2.05, 4.69) is 34.3 Å². The van der Waals surface area contributed by atoms with E-state index in [1.807, 2.05) is 18.2 Å². The summed E-state index contributed by atoms with van der Waals surface area (Å²) >= 11 is 0. The number of nitrogens with zero attached hydrogens (tertiary/aromatic N) is 3. The molecule has 0 saturated carbocycles. The minimum atomic E-state index is -0.676. The molecular formula is C15H16N4. The van der Waals surface area contributed by atoms with Gasteiger partial charge in [0, 0.05) is 18.0 Å². The highest BCUT2D eigenvalue weighted by Crippen LogP contribution is 2.22. The van der Waals surface area contributed by atoms with E-state index in [4.69, 9.17) is 5.26 Å². The monoisotopic (exact) mass is 252 g/mol. The summed E-state index contributed by atoms with van der Waals surface area (Å²) in [4.78, 5) is 8.51. The van der Waals surface area contributed by atoms with Gasteiger partial charge in [-0.1, -0.05) is 24.3 Å². The van der Waals surface area contributed by atoms with Crippen molar-refractivity contribution in [1.29, 1.82) is 5.26 Å². The van der Waals surface area contributed by atoms with Crippen molar-refractivity contribution in [1.82, 2.24) is 9.97 Å². The number of aryl methyl sites for hydroxylation is 1. The van der Waals surface area contributed by atoms with Crippen LogP contribution in [0.4, 0.5) is 5.95 Å². The Morgan fingerprint density at radius 1 is 1.16 bits per heavy atom. The second kappa shape index (κ2) is 5.07. The van der Waals surface area contributed by atoms with E-state index in [-0.39, 0.29) is 0 Å². The molecule has 2 aromatic rings. The fourth-order valence-corrected chi connectivity index (χ4v) is 1.74. The van der Waals surface area contributed by atoms with Crippen molar-refractivity contribution in [2.75, 3.05) is 5.32 Å². The smallest absolute Gasteiger partial charge is 0.223 e. The van der Waals surface area contributed by atoms with E-state index in [9.17, 15) is 0 Å². The fraction of sp³-hybridized carbons (Fsp3) is 0.267. The predicted molar refractivity (Wildman–Crippen MR) is 75.5 cm³/mol. The zero-order chi connectivity index (χ0) is 13.9. The molecule has 0 amide bonds. The van der Waals surface area contributed by atoms with Gasteiger partial charge in [0.05, 0.1) is 6.07 Å². The van der Waals surface area contributed by atoms with Crippen LogP contribution in [0.2, 0.25) is 0 Å². The lowest BCUT2D eigenvalue weighted by Crippen LogP contribution is -2.29. The topological polar surface area (TPSA) is 61.6 Å². The van der Waals surface area contributed by atoms with Gasteiger partial charge in [-0.2, -0.15) is 5.26 Å². The summed E-state index contributed by atoms with van der Waals surface area (Å²) in [6.07, 6.45) is 3.54. The molecule has 0 bridgehead atoms. The summed E-state index contributed by atoms with van der Waals surface area (Å²) in [5.41, 5.74) is 2.60. The molecule has 4 heteroatoms. The molecule has 0 aliphatic carbocycles. The zero-order valence-electron chi connectivity index (χ0n) is 11.3. The minimum Gasteiger partial charge on any atom is -0.336 e. The van der Waals surface area contributed by atoms with Gasteiger partial charge in [-0.15, -0.1) is 0 Å². The number of hydrogen-bond acceptors (Lipinski definition) is 4. The van der Waals surface area contributed by atoms with Gasteiger partial charge in [-0.05, 0) is 31.9 Å². The lowest BCUT2D eigenvalue weighted by atomic mass is 10.0. The van der Waals surface area contributed by atoms with Crippen molar-refractivity contribution in [3.05, 3.63) is 42.2 Å². The van der Waals surface area contributed by atoms with Crippen LogP contribution in [0.25, 0.3) is 11.1 Å². The highest BCUT2D eigenvalue weighted by atomic mass is 15.1. The molecule has 0 saturated heterocycles. The average molecular weight is 252 g/mol. The van der Waals surface area contributed by atoms with Gasteiger partial charge < -0.3 is 5.32 Å². The molecule has 2 rings (SSSR count). The van der Waals surface area contributed by atoms with Gasteiger partial charge in [0.1, 0.15) is 5.54 Å². The molecular weight excluding hydrogens is 236 g/mol. The van der Waals surface area contributed by atoms with Crippen molar-refractivity contribution in [3.8, 4) is 17.2 Å². The highest BCUT2D eigenvalue weighted by molar-refractivity contribution is 5.65. The summed E-state index contributed by atoms with van der Waals surface area (Å²) < 4.78 is 0. The van der Waals surface area contributed by atoms with Gasteiger partial charge in [0.2, 0.25) is 5.95 Å². The number of aromatic nitrogens is 2. The maximum Gasteiger partial charge on any atom is 0.223 e. The van der Waals surface area contributed by atoms with E-state index in [0.717, 1.165) is 11.1 Å². The molecule has 0 aliphatic rings. The molecule has 1 heterocycles. The van der Waals surface area contributed by atoms with Crippen LogP contribution in [0, 0.1) is 18.3 Å². The largest absolute Gasteiger partial charge is 0.336 e. The Morgan fingerprint density at radius 2 is 1.79 bits per heavy atom. The van der Waals surface area contributed by atoms with Crippen LogP contribution in [0.1, 0.15) is 19.4 Å². The lowest BCUT2D eigenvalue weighted by Gasteiger charge is -2.17. The van der Waals surface area contributed by atoms with Crippen molar-refractivity contribution in [3.63, 3.8) is 0 Å². The van der Waals surface area contributed by atoms with Crippen molar-refractivity contribution in [2.45, 2.75) is 26.3 Å². The number of nitrogens with one attached hydrogen (secondary N) is 1. The third-order valence-corrected chi connectivity index (χ3v) is 2.81. The molecule has 96 valence electrons. The van der Waals surface area contributed by atoms with Gasteiger partial charge in [0.25, 0.3) is 0 Å². The first-order valence-electron chi connectivity index (χ1n) is 6.09. The van der Waals surface area contributed by atoms with E-state index in [1.165, 1.54) is 5.56 Å². The van der Waals surface area contributed by atoms with Crippen molar-refractivity contribution < 1.29 is 0 Å². The van der Waals surface area contributed by atoms with Gasteiger partial charge in [0.15, 0.2) is 0 Å². The molecule has 0 fully saturated rings. The molecule has 0 spiro atoms. The Kier molecular flexibility index (Phi) is 3.48. The lowest BCUT2D eigenvalue weighted by molar-refractivity contribution is 0.717. The number of hydrogen-bond donors (Lipinski definition) is 1. The first-order chi connectivity index (χ1) is 9.02. The van der Waals surface area contributed by atoms with Crippen LogP contribution in [0.3, 0.4) is 0 Å². The van der Waals surface area contributed by atoms with Crippen LogP contribution in [0.15, 0.2) is 36.7 Å². The fourth-order valence-electron chi connectivity index (χ4n) is 1.74. The first-order valence-corrected chi connectivity index (χ1v) is 6.09. The van der Waals surface area contributed by atoms with Crippen LogP contribution < -0.4 is 5.32 Å². The highest BCUT2D eigenvalue weighted by Gasteiger charge is 2.17. The molecule has 1 N–H and O–H groups in total. The molecule has 0 atom stereocenters. The van der Waals surface area contributed by atoms with Crippen LogP contribution in [-0.4, -0.2) is 15.5 Å². The zero-order valence-corrected chi connectivity index (χ0v) is 11.3. The van der Waals surface area contributed by atoms with E-state index in [1.54, 1.807) is 26.2 Å². The quantitative estimate of drug-likeness (QED) is 0.911. The van der Waals surface area contributed by atoms with Gasteiger partial charge >= 0.3 is 0 Å². The number of benzene rings is 1. The average Bonchev–Trinajstić information content (AvgIpc) is 2.40. The van der Waals surface area contributed by atoms with Gasteiger partial charge in [-0.25, -0.2) is 9.97 Å². The molecule has 1 aromatic carbocycles. The standard InChI is InChI=1S/C15H16N4/c1-11-6-4-5-7-13(11)12-8-17-14(18-9-12)19-15(2,3)10-16/h4-9H,1-3H3,(H,17,18,19). The number of anilines is 1. The Morgan fingerprint density at radius 3 is 2.37 bits per heavy atom. The SMILES string of the molecule is Cc1ccccc1-c1cnc(NC(C)(C)C#N)nc1. The molecule has 1 aromatic heterocycles.